The molecule has 0 radical (unpaired) electrons. The first kappa shape index (κ1) is 74.3. The van der Waals surface area contributed by atoms with Gasteiger partial charge in [-0.05, 0) is 57.8 Å². The monoisotopic (exact) mass is 1070 g/mol. The minimum atomic E-state index is -0.850. The van der Waals surface area contributed by atoms with Crippen LogP contribution in [0.25, 0.3) is 0 Å². The van der Waals surface area contributed by atoms with E-state index in [2.05, 4.69) is 31.3 Å². The fourth-order valence-electron chi connectivity index (χ4n) is 10.9. The van der Waals surface area contributed by atoms with E-state index in [1.165, 1.54) is 315 Å². The van der Waals surface area contributed by atoms with Gasteiger partial charge in [-0.3, -0.25) is 9.59 Å². The van der Waals surface area contributed by atoms with Crippen LogP contribution in [0.5, 0.6) is 0 Å². The quantitative estimate of drug-likeness (QED) is 0.0320. The largest absolute Gasteiger partial charge is 0.466 e. The predicted octanol–water partition coefficient (Wildman–Crippen LogP) is 22.1. The first-order chi connectivity index (χ1) is 37.5. The van der Waals surface area contributed by atoms with Crippen LogP contribution in [0.2, 0.25) is 0 Å². The fraction of sp³-hybridized carbons (Fsp3) is 0.914. The van der Waals surface area contributed by atoms with E-state index < -0.39 is 12.1 Å². The van der Waals surface area contributed by atoms with Gasteiger partial charge in [-0.1, -0.05) is 340 Å². The second kappa shape index (κ2) is 65.9. The third-order valence-electron chi connectivity index (χ3n) is 16.2. The molecule has 0 aliphatic rings. The van der Waals surface area contributed by atoms with Gasteiger partial charge in [0, 0.05) is 12.8 Å². The molecule has 0 aliphatic heterocycles. The Labute approximate surface area is 475 Å². The van der Waals surface area contributed by atoms with Crippen LogP contribution in [0, 0.1) is 0 Å². The summed E-state index contributed by atoms with van der Waals surface area (Å²) in [5, 5.41) is 23.2. The highest BCUT2D eigenvalue weighted by molar-refractivity contribution is 5.76. The van der Waals surface area contributed by atoms with Crippen LogP contribution in [-0.4, -0.2) is 47.4 Å². The van der Waals surface area contributed by atoms with Crippen LogP contribution in [-0.2, 0) is 14.3 Å². The van der Waals surface area contributed by atoms with Gasteiger partial charge in [-0.25, -0.2) is 0 Å². The third kappa shape index (κ3) is 61.6. The van der Waals surface area contributed by atoms with E-state index in [1.54, 1.807) is 6.08 Å². The van der Waals surface area contributed by atoms with Crippen molar-refractivity contribution >= 4 is 11.9 Å². The summed E-state index contributed by atoms with van der Waals surface area (Å²) < 4.78 is 5.50. The van der Waals surface area contributed by atoms with Gasteiger partial charge in [0.1, 0.15) is 0 Å². The molecule has 0 saturated heterocycles. The van der Waals surface area contributed by atoms with Gasteiger partial charge in [-0.2, -0.15) is 0 Å². The van der Waals surface area contributed by atoms with E-state index >= 15 is 0 Å². The summed E-state index contributed by atoms with van der Waals surface area (Å²) >= 11 is 0. The van der Waals surface area contributed by atoms with E-state index in [-0.39, 0.29) is 18.5 Å². The molecule has 2 unspecified atom stereocenters. The molecule has 0 heterocycles. The average Bonchev–Trinajstić information content (AvgIpc) is 3.42. The lowest BCUT2D eigenvalue weighted by molar-refractivity contribution is -0.143. The summed E-state index contributed by atoms with van der Waals surface area (Å²) in [7, 11) is 0. The molecule has 0 rings (SSSR count). The summed E-state index contributed by atoms with van der Waals surface area (Å²) in [6, 6.07) is -0.634. The smallest absolute Gasteiger partial charge is 0.305 e. The van der Waals surface area contributed by atoms with E-state index in [0.717, 1.165) is 44.9 Å². The Hall–Kier alpha value is -1.66. The number of ether oxygens (including phenoxy) is 1. The van der Waals surface area contributed by atoms with Crippen molar-refractivity contribution in [3.8, 4) is 0 Å². The van der Waals surface area contributed by atoms with E-state index in [1.807, 2.05) is 6.08 Å². The zero-order valence-corrected chi connectivity index (χ0v) is 51.5. The van der Waals surface area contributed by atoms with Crippen molar-refractivity contribution in [1.29, 1.82) is 0 Å². The number of allylic oxidation sites excluding steroid dienone is 3. The molecule has 0 aromatic rings. The van der Waals surface area contributed by atoms with Crippen LogP contribution >= 0.6 is 0 Å². The van der Waals surface area contributed by atoms with Gasteiger partial charge < -0.3 is 20.3 Å². The predicted molar refractivity (Wildman–Crippen MR) is 333 cm³/mol. The Morgan fingerprint density at radius 2 is 0.618 bits per heavy atom. The van der Waals surface area contributed by atoms with Crippen LogP contribution < -0.4 is 5.32 Å². The number of hydrogen-bond donors (Lipinski definition) is 3. The van der Waals surface area contributed by atoms with Gasteiger partial charge in [0.25, 0.3) is 0 Å². The van der Waals surface area contributed by atoms with Crippen molar-refractivity contribution in [1.82, 2.24) is 5.32 Å². The molecule has 0 aromatic heterocycles. The molecule has 0 bridgehead atoms. The summed E-state index contributed by atoms with van der Waals surface area (Å²) in [5.74, 6) is -0.0595. The van der Waals surface area contributed by atoms with Crippen molar-refractivity contribution in [3.63, 3.8) is 0 Å². The highest BCUT2D eigenvalue weighted by atomic mass is 16.5. The molecule has 0 saturated carbocycles. The molecule has 450 valence electrons. The molecule has 6 heteroatoms. The maximum Gasteiger partial charge on any atom is 0.305 e. The van der Waals surface area contributed by atoms with Crippen LogP contribution in [0.1, 0.15) is 386 Å². The zero-order valence-electron chi connectivity index (χ0n) is 51.5. The van der Waals surface area contributed by atoms with Gasteiger partial charge in [0.15, 0.2) is 0 Å². The lowest BCUT2D eigenvalue weighted by atomic mass is 10.0. The number of nitrogens with one attached hydrogen (secondary N) is 1. The Balaban J connectivity index is 3.43. The van der Waals surface area contributed by atoms with E-state index in [9.17, 15) is 19.8 Å². The molecule has 1 amide bonds. The second-order valence-electron chi connectivity index (χ2n) is 23.9. The number of esters is 1. The second-order valence-corrected chi connectivity index (χ2v) is 23.9. The van der Waals surface area contributed by atoms with E-state index in [4.69, 9.17) is 4.74 Å². The van der Waals surface area contributed by atoms with Crippen LogP contribution in [0.15, 0.2) is 24.3 Å². The van der Waals surface area contributed by atoms with E-state index in [0.29, 0.717) is 19.4 Å². The molecule has 0 aromatic carbocycles. The van der Waals surface area contributed by atoms with Gasteiger partial charge >= 0.3 is 5.97 Å². The number of hydrogen-bond acceptors (Lipinski definition) is 5. The Kier molecular flexibility index (Phi) is 64.4. The highest BCUT2D eigenvalue weighted by Gasteiger charge is 2.18. The number of aliphatic hydroxyl groups is 2. The first-order valence-electron chi connectivity index (χ1n) is 34.6. The van der Waals surface area contributed by atoms with Crippen molar-refractivity contribution in [2.75, 3.05) is 13.2 Å². The molecule has 76 heavy (non-hydrogen) atoms. The lowest BCUT2D eigenvalue weighted by Gasteiger charge is -2.20. The Bertz CT molecular complexity index is 1190. The molecule has 3 N–H and O–H groups in total. The van der Waals surface area contributed by atoms with Crippen molar-refractivity contribution in [2.45, 2.75) is 398 Å². The molecule has 0 fully saturated rings. The highest BCUT2D eigenvalue weighted by Crippen LogP contribution is 2.18. The molecular formula is C70H135NO5. The number of rotatable bonds is 65. The summed E-state index contributed by atoms with van der Waals surface area (Å²) in [5.41, 5.74) is 0. The summed E-state index contributed by atoms with van der Waals surface area (Å²) in [4.78, 5) is 24.6. The van der Waals surface area contributed by atoms with Crippen LogP contribution in [0.4, 0.5) is 0 Å². The topological polar surface area (TPSA) is 95.9 Å². The fourth-order valence-corrected chi connectivity index (χ4v) is 10.9. The third-order valence-corrected chi connectivity index (χ3v) is 16.2. The molecule has 0 spiro atoms. The molecular weight excluding hydrogens is 935 g/mol. The van der Waals surface area contributed by atoms with Crippen LogP contribution in [0.3, 0.4) is 0 Å². The van der Waals surface area contributed by atoms with Crippen molar-refractivity contribution < 1.29 is 24.5 Å². The average molecular weight is 1070 g/mol. The number of amides is 1. The zero-order chi connectivity index (χ0) is 55.0. The van der Waals surface area contributed by atoms with Gasteiger partial charge in [-0.15, -0.1) is 0 Å². The number of carbonyl (C=O) groups excluding carboxylic acids is 2. The number of unbranched alkanes of at least 4 members (excludes halogenated alkanes) is 52. The van der Waals surface area contributed by atoms with Gasteiger partial charge in [0.05, 0.1) is 25.4 Å². The lowest BCUT2D eigenvalue weighted by Crippen LogP contribution is -2.45. The summed E-state index contributed by atoms with van der Waals surface area (Å²) in [6.07, 6.45) is 82.4. The van der Waals surface area contributed by atoms with Crippen molar-refractivity contribution in [3.05, 3.63) is 24.3 Å². The normalized spacial score (nSPS) is 12.6. The first-order valence-corrected chi connectivity index (χ1v) is 34.6. The minimum Gasteiger partial charge on any atom is -0.466 e. The minimum absolute atomic E-state index is 0.0124. The maximum absolute atomic E-state index is 12.5. The summed E-state index contributed by atoms with van der Waals surface area (Å²) in [6.45, 7) is 4.94. The Morgan fingerprint density at radius 3 is 0.934 bits per heavy atom. The SMILES string of the molecule is CCCCCCCCCCCCCCCCCCCCC/C=C/C(O)C(CO)NC(=O)CCCCCCCCC/C=C\CCCCCCCCCCCCOC(=O)CCCCCCCCCCCCCCCCCCC. The van der Waals surface area contributed by atoms with Crippen molar-refractivity contribution in [2.24, 2.45) is 0 Å². The van der Waals surface area contributed by atoms with Gasteiger partial charge in [0.2, 0.25) is 5.91 Å². The molecule has 2 atom stereocenters. The molecule has 6 nitrogen and oxygen atoms in total. The number of carbonyl (C=O) groups is 2. The standard InChI is InChI=1S/C70H135NO5/c1-3-5-7-9-11-13-15-17-19-21-22-24-27-31-34-38-42-46-50-54-58-62-68(73)67(66-72)71-69(74)63-59-55-51-47-43-39-35-32-28-25-23-26-29-33-37-41-45-49-53-57-61-65-76-70(75)64-60-56-52-48-44-40-36-30-20-18-16-14-12-10-8-6-4-2/h25,28,58,62,67-68,72-73H,3-24,26-27,29-57,59-61,63-66H2,1-2H3,(H,71,74)/b28-25-,62-58+. The maximum atomic E-state index is 12.5. The number of aliphatic hydroxyl groups excluding tert-OH is 2. The molecule has 0 aliphatic carbocycles. The Morgan fingerprint density at radius 1 is 0.355 bits per heavy atom.